The molecule has 0 fully saturated rings. The molecule has 0 radical (unpaired) electrons. The third-order valence-corrected chi connectivity index (χ3v) is 3.25. The van der Waals surface area contributed by atoms with Crippen molar-refractivity contribution in [3.8, 4) is 6.07 Å². The van der Waals surface area contributed by atoms with Crippen molar-refractivity contribution in [3.05, 3.63) is 22.9 Å². The van der Waals surface area contributed by atoms with Crippen LogP contribution in [0.4, 0.5) is 0 Å². The van der Waals surface area contributed by atoms with Gasteiger partial charge in [-0.2, -0.15) is 5.26 Å². The molecule has 0 aromatic heterocycles. The fourth-order valence-corrected chi connectivity index (χ4v) is 1.87. The van der Waals surface area contributed by atoms with Gasteiger partial charge in [0.15, 0.2) is 0 Å². The predicted molar refractivity (Wildman–Crippen MR) is 58.1 cm³/mol. The number of rotatable bonds is 2. The van der Waals surface area contributed by atoms with Gasteiger partial charge in [-0.25, -0.2) is 0 Å². The van der Waals surface area contributed by atoms with Crippen molar-refractivity contribution in [2.45, 2.75) is 34.1 Å². The summed E-state index contributed by atoms with van der Waals surface area (Å²) in [6.07, 6.45) is 2.85. The average Bonchev–Trinajstić information content (AvgIpc) is 2.41. The van der Waals surface area contributed by atoms with Gasteiger partial charge in [0.2, 0.25) is 0 Å². The van der Waals surface area contributed by atoms with E-state index < -0.39 is 0 Å². The van der Waals surface area contributed by atoms with Crippen molar-refractivity contribution < 1.29 is 0 Å². The SMILES string of the molecule is CCC1(C)C(C#N)=CC(C(C)C)=C1N. The zero-order chi connectivity index (χ0) is 10.9. The summed E-state index contributed by atoms with van der Waals surface area (Å²) in [6, 6.07) is 2.26. The summed E-state index contributed by atoms with van der Waals surface area (Å²) in [5, 5.41) is 9.05. The van der Waals surface area contributed by atoms with Crippen molar-refractivity contribution in [2.24, 2.45) is 17.1 Å². The van der Waals surface area contributed by atoms with Crippen LogP contribution in [0.5, 0.6) is 0 Å². The molecule has 0 spiro atoms. The fourth-order valence-electron chi connectivity index (χ4n) is 1.87. The number of allylic oxidation sites excluding steroid dienone is 3. The summed E-state index contributed by atoms with van der Waals surface area (Å²) in [6.45, 7) is 8.33. The third-order valence-electron chi connectivity index (χ3n) is 3.25. The summed E-state index contributed by atoms with van der Waals surface area (Å²) in [4.78, 5) is 0. The number of nitrogens with zero attached hydrogens (tertiary/aromatic N) is 1. The molecule has 1 unspecified atom stereocenters. The minimum Gasteiger partial charge on any atom is -0.401 e. The first-order chi connectivity index (χ1) is 6.47. The summed E-state index contributed by atoms with van der Waals surface area (Å²) in [7, 11) is 0. The number of nitrogens with two attached hydrogens (primary N) is 1. The van der Waals surface area contributed by atoms with E-state index in [-0.39, 0.29) is 5.41 Å². The Labute approximate surface area is 86.1 Å². The molecule has 1 aliphatic rings. The molecule has 0 aliphatic heterocycles. The zero-order valence-electron chi connectivity index (χ0n) is 9.39. The van der Waals surface area contributed by atoms with Crippen molar-refractivity contribution in [1.82, 2.24) is 0 Å². The summed E-state index contributed by atoms with van der Waals surface area (Å²) >= 11 is 0. The fraction of sp³-hybridized carbons (Fsp3) is 0.583. The van der Waals surface area contributed by atoms with E-state index in [1.165, 1.54) is 0 Å². The van der Waals surface area contributed by atoms with E-state index in [4.69, 9.17) is 11.0 Å². The highest BCUT2D eigenvalue weighted by Crippen LogP contribution is 2.44. The molecule has 14 heavy (non-hydrogen) atoms. The van der Waals surface area contributed by atoms with E-state index in [2.05, 4.69) is 26.8 Å². The molecular weight excluding hydrogens is 172 g/mol. The standard InChI is InChI=1S/C12H18N2/c1-5-12(4)9(7-13)6-10(8(2)3)11(12)14/h6,8H,5,14H2,1-4H3. The van der Waals surface area contributed by atoms with Gasteiger partial charge in [-0.05, 0) is 30.9 Å². The van der Waals surface area contributed by atoms with Gasteiger partial charge in [-0.1, -0.05) is 20.8 Å². The first-order valence-electron chi connectivity index (χ1n) is 5.09. The predicted octanol–water partition coefficient (Wildman–Crippen LogP) is 2.74. The molecule has 2 nitrogen and oxygen atoms in total. The lowest BCUT2D eigenvalue weighted by Gasteiger charge is -2.25. The van der Waals surface area contributed by atoms with Gasteiger partial charge in [0.25, 0.3) is 0 Å². The highest BCUT2D eigenvalue weighted by atomic mass is 14.7. The largest absolute Gasteiger partial charge is 0.401 e. The Kier molecular flexibility index (Phi) is 2.71. The van der Waals surface area contributed by atoms with Crippen LogP contribution in [0.15, 0.2) is 22.9 Å². The molecule has 2 heteroatoms. The van der Waals surface area contributed by atoms with Gasteiger partial charge in [-0.3, -0.25) is 0 Å². The number of hydrogen-bond donors (Lipinski definition) is 1. The maximum absolute atomic E-state index is 9.05. The van der Waals surface area contributed by atoms with Crippen LogP contribution in [0.1, 0.15) is 34.1 Å². The second kappa shape index (κ2) is 3.49. The maximum atomic E-state index is 9.05. The Morgan fingerprint density at radius 2 is 2.14 bits per heavy atom. The van der Waals surface area contributed by atoms with Crippen LogP contribution >= 0.6 is 0 Å². The smallest absolute Gasteiger partial charge is 0.0957 e. The van der Waals surface area contributed by atoms with E-state index in [9.17, 15) is 0 Å². The number of nitriles is 1. The lowest BCUT2D eigenvalue weighted by molar-refractivity contribution is 0.473. The van der Waals surface area contributed by atoms with Crippen molar-refractivity contribution in [1.29, 1.82) is 5.26 Å². The van der Waals surface area contributed by atoms with E-state index in [1.807, 2.05) is 13.0 Å². The van der Waals surface area contributed by atoms with Gasteiger partial charge in [0.05, 0.1) is 6.07 Å². The molecule has 76 valence electrons. The Balaban J connectivity index is 3.24. The van der Waals surface area contributed by atoms with Gasteiger partial charge in [0.1, 0.15) is 0 Å². The molecule has 2 N–H and O–H groups in total. The van der Waals surface area contributed by atoms with Crippen LogP contribution in [-0.2, 0) is 0 Å². The lowest BCUT2D eigenvalue weighted by Crippen LogP contribution is -2.24. The monoisotopic (exact) mass is 190 g/mol. The second-order valence-corrected chi connectivity index (χ2v) is 4.38. The molecular formula is C12H18N2. The number of hydrogen-bond acceptors (Lipinski definition) is 2. The van der Waals surface area contributed by atoms with Crippen LogP contribution in [0.3, 0.4) is 0 Å². The molecule has 0 aromatic carbocycles. The summed E-state index contributed by atoms with van der Waals surface area (Å²) < 4.78 is 0. The summed E-state index contributed by atoms with van der Waals surface area (Å²) in [5.74, 6) is 0.395. The maximum Gasteiger partial charge on any atom is 0.0957 e. The van der Waals surface area contributed by atoms with E-state index in [0.717, 1.165) is 23.3 Å². The minimum absolute atomic E-state index is 0.228. The van der Waals surface area contributed by atoms with Gasteiger partial charge in [-0.15, -0.1) is 0 Å². The Morgan fingerprint density at radius 3 is 2.43 bits per heavy atom. The van der Waals surface area contributed by atoms with Crippen LogP contribution < -0.4 is 5.73 Å². The van der Waals surface area contributed by atoms with Crippen LogP contribution in [0, 0.1) is 22.7 Å². The van der Waals surface area contributed by atoms with Crippen LogP contribution in [0.25, 0.3) is 0 Å². The normalized spacial score (nSPS) is 26.7. The topological polar surface area (TPSA) is 49.8 Å². The van der Waals surface area contributed by atoms with E-state index in [0.29, 0.717) is 5.92 Å². The highest BCUT2D eigenvalue weighted by molar-refractivity contribution is 5.51. The molecule has 0 saturated heterocycles. The Hall–Kier alpha value is -1.23. The lowest BCUT2D eigenvalue weighted by atomic mass is 9.80. The van der Waals surface area contributed by atoms with Crippen LogP contribution in [0.2, 0.25) is 0 Å². The van der Waals surface area contributed by atoms with Crippen LogP contribution in [-0.4, -0.2) is 0 Å². The van der Waals surface area contributed by atoms with Gasteiger partial charge in [0, 0.05) is 16.7 Å². The Morgan fingerprint density at radius 1 is 1.57 bits per heavy atom. The first kappa shape index (κ1) is 10.8. The highest BCUT2D eigenvalue weighted by Gasteiger charge is 2.37. The van der Waals surface area contributed by atoms with Crippen molar-refractivity contribution >= 4 is 0 Å². The van der Waals surface area contributed by atoms with Crippen molar-refractivity contribution in [2.75, 3.05) is 0 Å². The average molecular weight is 190 g/mol. The molecule has 1 rings (SSSR count). The summed E-state index contributed by atoms with van der Waals surface area (Å²) in [5.41, 5.74) is 8.70. The molecule has 1 atom stereocenters. The van der Waals surface area contributed by atoms with Gasteiger partial charge >= 0.3 is 0 Å². The van der Waals surface area contributed by atoms with Crippen molar-refractivity contribution in [3.63, 3.8) is 0 Å². The van der Waals surface area contributed by atoms with Gasteiger partial charge < -0.3 is 5.73 Å². The van der Waals surface area contributed by atoms with E-state index >= 15 is 0 Å². The Bertz CT molecular complexity index is 342. The first-order valence-corrected chi connectivity index (χ1v) is 5.09. The quantitative estimate of drug-likeness (QED) is 0.727. The minimum atomic E-state index is -0.228. The van der Waals surface area contributed by atoms with E-state index in [1.54, 1.807) is 0 Å². The zero-order valence-corrected chi connectivity index (χ0v) is 9.39. The third kappa shape index (κ3) is 1.33. The molecule has 0 saturated carbocycles. The molecule has 0 bridgehead atoms. The molecule has 0 heterocycles. The molecule has 0 amide bonds. The molecule has 0 aromatic rings. The second-order valence-electron chi connectivity index (χ2n) is 4.38. The molecule has 1 aliphatic carbocycles.